The fourth-order valence-corrected chi connectivity index (χ4v) is 3.03. The second-order valence-corrected chi connectivity index (χ2v) is 5.67. The Morgan fingerprint density at radius 1 is 1.33 bits per heavy atom. The minimum atomic E-state index is 0.644. The smallest absolute Gasteiger partial charge is 0.225 e. The van der Waals surface area contributed by atoms with E-state index in [1.54, 1.807) is 0 Å². The Morgan fingerprint density at radius 3 is 2.71 bits per heavy atom. The van der Waals surface area contributed by atoms with Crippen LogP contribution in [0.15, 0.2) is 6.20 Å². The molecular weight excluding hydrogens is 262 g/mol. The van der Waals surface area contributed by atoms with Gasteiger partial charge < -0.3 is 10.2 Å². The second kappa shape index (κ2) is 7.71. The minimum Gasteiger partial charge on any atom is -0.339 e. The van der Waals surface area contributed by atoms with E-state index in [-0.39, 0.29) is 0 Å². The molecule has 1 N–H and O–H groups in total. The van der Waals surface area contributed by atoms with Crippen LogP contribution in [0.2, 0.25) is 0 Å². The molecule has 0 saturated carbocycles. The highest BCUT2D eigenvalue weighted by molar-refractivity contribution is 5.35. The number of hydrogen-bond donors (Lipinski definition) is 1. The van der Waals surface area contributed by atoms with Crippen LogP contribution in [0.3, 0.4) is 0 Å². The van der Waals surface area contributed by atoms with Crippen LogP contribution in [0.5, 0.6) is 0 Å². The molecule has 1 aromatic rings. The summed E-state index contributed by atoms with van der Waals surface area (Å²) in [5, 5.41) is 3.33. The van der Waals surface area contributed by atoms with Gasteiger partial charge >= 0.3 is 0 Å². The van der Waals surface area contributed by atoms with Gasteiger partial charge in [0.1, 0.15) is 0 Å². The van der Waals surface area contributed by atoms with E-state index in [0.29, 0.717) is 6.04 Å². The van der Waals surface area contributed by atoms with Crippen LogP contribution >= 0.6 is 0 Å². The van der Waals surface area contributed by atoms with Crippen molar-refractivity contribution in [1.29, 1.82) is 0 Å². The molecule has 1 atom stereocenters. The summed E-state index contributed by atoms with van der Waals surface area (Å²) in [5.74, 6) is 0.891. The summed E-state index contributed by atoms with van der Waals surface area (Å²) < 4.78 is 0. The molecule has 1 aliphatic heterocycles. The lowest BCUT2D eigenvalue weighted by Crippen LogP contribution is -2.37. The summed E-state index contributed by atoms with van der Waals surface area (Å²) in [6.45, 7) is 14.8. The topological polar surface area (TPSA) is 44.3 Å². The molecule has 1 aliphatic rings. The Hall–Kier alpha value is -1.20. The lowest BCUT2D eigenvalue weighted by atomic mass is 10.2. The highest BCUT2D eigenvalue weighted by Gasteiger charge is 2.27. The zero-order valence-electron chi connectivity index (χ0n) is 13.9. The van der Waals surface area contributed by atoms with Gasteiger partial charge in [0.15, 0.2) is 0 Å². The number of aryl methyl sites for hydroxylation is 1. The number of nitrogens with zero attached hydrogens (tertiary/aromatic N) is 4. The van der Waals surface area contributed by atoms with Crippen molar-refractivity contribution in [2.24, 2.45) is 0 Å². The van der Waals surface area contributed by atoms with Crippen LogP contribution in [0.1, 0.15) is 38.4 Å². The third kappa shape index (κ3) is 3.92. The van der Waals surface area contributed by atoms with E-state index >= 15 is 0 Å². The Labute approximate surface area is 128 Å². The molecule has 5 heteroatoms. The molecule has 0 aromatic carbocycles. The Bertz CT molecular complexity index is 444. The molecule has 0 aliphatic carbocycles. The van der Waals surface area contributed by atoms with E-state index in [1.165, 1.54) is 12.0 Å². The zero-order valence-corrected chi connectivity index (χ0v) is 13.9. The maximum atomic E-state index is 4.71. The normalized spacial score (nSPS) is 18.7. The van der Waals surface area contributed by atoms with Crippen LogP contribution in [0.25, 0.3) is 0 Å². The number of anilines is 1. The maximum absolute atomic E-state index is 4.71. The maximum Gasteiger partial charge on any atom is 0.225 e. The number of aromatic nitrogens is 2. The van der Waals surface area contributed by atoms with Crippen molar-refractivity contribution in [1.82, 2.24) is 20.2 Å². The van der Waals surface area contributed by atoms with Crippen molar-refractivity contribution in [3.8, 4) is 0 Å². The van der Waals surface area contributed by atoms with E-state index in [2.05, 4.69) is 47.8 Å². The second-order valence-electron chi connectivity index (χ2n) is 5.67. The van der Waals surface area contributed by atoms with Gasteiger partial charge in [0.05, 0.1) is 0 Å². The average Bonchev–Trinajstić information content (AvgIpc) is 2.97. The summed E-state index contributed by atoms with van der Waals surface area (Å²) in [6, 6.07) is 0.644. The van der Waals surface area contributed by atoms with Crippen LogP contribution in [-0.2, 0) is 6.54 Å². The summed E-state index contributed by atoms with van der Waals surface area (Å²) in [6.07, 6.45) is 3.19. The molecule has 2 rings (SSSR count). The standard InChI is InChI=1S/C16H29N5/c1-5-17-10-14-11-18-16(19-13(14)4)21-9-8-15(12-21)20(6-2)7-3/h11,15,17H,5-10,12H2,1-4H3. The fraction of sp³-hybridized carbons (Fsp3) is 0.750. The molecule has 0 bridgehead atoms. The van der Waals surface area contributed by atoms with Gasteiger partial charge in [-0.2, -0.15) is 0 Å². The van der Waals surface area contributed by atoms with Gasteiger partial charge in [-0.15, -0.1) is 0 Å². The van der Waals surface area contributed by atoms with Crippen LogP contribution in [-0.4, -0.2) is 53.6 Å². The summed E-state index contributed by atoms with van der Waals surface area (Å²) in [5.41, 5.74) is 2.28. The van der Waals surface area contributed by atoms with E-state index in [1.807, 2.05) is 6.20 Å². The molecule has 1 fully saturated rings. The van der Waals surface area contributed by atoms with Crippen LogP contribution in [0, 0.1) is 6.92 Å². The lowest BCUT2D eigenvalue weighted by Gasteiger charge is -2.26. The molecule has 0 radical (unpaired) electrons. The van der Waals surface area contributed by atoms with E-state index < -0.39 is 0 Å². The van der Waals surface area contributed by atoms with Crippen molar-refractivity contribution >= 4 is 5.95 Å². The molecule has 21 heavy (non-hydrogen) atoms. The van der Waals surface area contributed by atoms with E-state index in [0.717, 1.165) is 50.9 Å². The van der Waals surface area contributed by atoms with Crippen molar-refractivity contribution in [2.75, 3.05) is 37.6 Å². The van der Waals surface area contributed by atoms with Gasteiger partial charge in [0.25, 0.3) is 0 Å². The third-order valence-corrected chi connectivity index (χ3v) is 4.41. The van der Waals surface area contributed by atoms with Crippen molar-refractivity contribution in [3.63, 3.8) is 0 Å². The zero-order chi connectivity index (χ0) is 15.2. The molecule has 1 aromatic heterocycles. The van der Waals surface area contributed by atoms with Crippen molar-refractivity contribution in [3.05, 3.63) is 17.5 Å². The third-order valence-electron chi connectivity index (χ3n) is 4.41. The number of nitrogens with one attached hydrogen (secondary N) is 1. The van der Waals surface area contributed by atoms with Gasteiger partial charge in [-0.1, -0.05) is 20.8 Å². The number of rotatable bonds is 7. The summed E-state index contributed by atoms with van der Waals surface area (Å²) in [7, 11) is 0. The lowest BCUT2D eigenvalue weighted by molar-refractivity contribution is 0.232. The molecule has 5 nitrogen and oxygen atoms in total. The quantitative estimate of drug-likeness (QED) is 0.830. The highest BCUT2D eigenvalue weighted by atomic mass is 15.3. The van der Waals surface area contributed by atoms with Crippen LogP contribution < -0.4 is 10.2 Å². The predicted octanol–water partition coefficient (Wildman–Crippen LogP) is 1.82. The fourth-order valence-electron chi connectivity index (χ4n) is 3.03. The molecule has 0 amide bonds. The average molecular weight is 291 g/mol. The Balaban J connectivity index is 2.01. The molecule has 1 saturated heterocycles. The van der Waals surface area contributed by atoms with Gasteiger partial charge in [-0.05, 0) is 33.0 Å². The first-order chi connectivity index (χ1) is 10.2. The molecule has 1 unspecified atom stereocenters. The van der Waals surface area contributed by atoms with Crippen molar-refractivity contribution in [2.45, 2.75) is 46.7 Å². The Morgan fingerprint density at radius 2 is 2.10 bits per heavy atom. The minimum absolute atomic E-state index is 0.644. The summed E-state index contributed by atoms with van der Waals surface area (Å²) >= 11 is 0. The molecular formula is C16H29N5. The predicted molar refractivity (Wildman–Crippen MR) is 87.7 cm³/mol. The SMILES string of the molecule is CCNCc1cnc(N2CCC(N(CC)CC)C2)nc1C. The van der Waals surface area contributed by atoms with Gasteiger partial charge in [-0.25, -0.2) is 9.97 Å². The monoisotopic (exact) mass is 291 g/mol. The van der Waals surface area contributed by atoms with Gasteiger partial charge in [0.2, 0.25) is 5.95 Å². The van der Waals surface area contributed by atoms with Crippen molar-refractivity contribution < 1.29 is 0 Å². The first-order valence-electron chi connectivity index (χ1n) is 8.21. The summed E-state index contributed by atoms with van der Waals surface area (Å²) in [4.78, 5) is 14.1. The molecule has 2 heterocycles. The van der Waals surface area contributed by atoms with Gasteiger partial charge in [0, 0.05) is 43.1 Å². The molecule has 0 spiro atoms. The highest BCUT2D eigenvalue weighted by Crippen LogP contribution is 2.20. The first-order valence-corrected chi connectivity index (χ1v) is 8.21. The Kier molecular flexibility index (Phi) is 5.94. The number of likely N-dealkylation sites (N-methyl/N-ethyl adjacent to an activating group) is 1. The number of hydrogen-bond acceptors (Lipinski definition) is 5. The van der Waals surface area contributed by atoms with E-state index in [4.69, 9.17) is 4.98 Å². The van der Waals surface area contributed by atoms with Crippen LogP contribution in [0.4, 0.5) is 5.95 Å². The molecule has 118 valence electrons. The van der Waals surface area contributed by atoms with E-state index in [9.17, 15) is 0 Å². The largest absolute Gasteiger partial charge is 0.339 e. The first kappa shape index (κ1) is 16.2. The van der Waals surface area contributed by atoms with Gasteiger partial charge in [-0.3, -0.25) is 4.90 Å².